The maximum absolute atomic E-state index is 11.4. The van der Waals surface area contributed by atoms with Crippen LogP contribution in [0, 0.1) is 0 Å². The van der Waals surface area contributed by atoms with Gasteiger partial charge in [-0.2, -0.15) is 0 Å². The van der Waals surface area contributed by atoms with Crippen LogP contribution in [0.2, 0.25) is 0 Å². The fourth-order valence-corrected chi connectivity index (χ4v) is 1.80. The molecule has 1 aliphatic heterocycles. The quantitative estimate of drug-likeness (QED) is 0.577. The summed E-state index contributed by atoms with van der Waals surface area (Å²) < 4.78 is 20.7. The Morgan fingerprint density at radius 1 is 1.32 bits per heavy atom. The van der Waals surface area contributed by atoms with E-state index >= 15 is 0 Å². The predicted octanol–water partition coefficient (Wildman–Crippen LogP) is 1.51. The van der Waals surface area contributed by atoms with Gasteiger partial charge >= 0.3 is 5.97 Å². The molecule has 0 spiro atoms. The molecule has 0 unspecified atom stereocenters. The smallest absolute Gasteiger partial charge is 0.363 e. The van der Waals surface area contributed by atoms with Gasteiger partial charge in [-0.05, 0) is 5.56 Å². The Labute approximate surface area is 112 Å². The summed E-state index contributed by atoms with van der Waals surface area (Å²) in [6, 6.07) is 9.93. The van der Waals surface area contributed by atoms with Crippen molar-refractivity contribution in [2.75, 3.05) is 20.3 Å². The second-order valence-corrected chi connectivity index (χ2v) is 4.29. The minimum atomic E-state index is -0.888. The van der Waals surface area contributed by atoms with Gasteiger partial charge in [0.2, 0.25) is 0 Å². The third kappa shape index (κ3) is 4.31. The highest BCUT2D eigenvalue weighted by molar-refractivity contribution is 5.73. The largest absolute Gasteiger partial charge is 0.456 e. The maximum Gasteiger partial charge on any atom is 0.363 e. The molecule has 104 valence electrons. The molecule has 0 N–H and O–H groups in total. The fourth-order valence-electron chi connectivity index (χ4n) is 1.80. The van der Waals surface area contributed by atoms with Crippen LogP contribution in [0.15, 0.2) is 30.3 Å². The first-order chi connectivity index (χ1) is 9.29. The lowest BCUT2D eigenvalue weighted by molar-refractivity contribution is -0.224. The van der Waals surface area contributed by atoms with E-state index in [0.29, 0.717) is 26.2 Å². The molecule has 2 atom stereocenters. The lowest BCUT2D eigenvalue weighted by Crippen LogP contribution is -2.41. The van der Waals surface area contributed by atoms with Crippen LogP contribution in [0.4, 0.5) is 0 Å². The molecule has 0 saturated carbocycles. The third-order valence-electron chi connectivity index (χ3n) is 2.82. The Morgan fingerprint density at radius 3 is 2.79 bits per heavy atom. The maximum atomic E-state index is 11.4. The van der Waals surface area contributed by atoms with E-state index in [-0.39, 0.29) is 6.10 Å². The van der Waals surface area contributed by atoms with Gasteiger partial charge in [-0.3, -0.25) is 0 Å². The summed E-state index contributed by atoms with van der Waals surface area (Å²) in [5.41, 5.74) is 1.12. The van der Waals surface area contributed by atoms with Gasteiger partial charge in [-0.15, -0.1) is 0 Å². The van der Waals surface area contributed by atoms with Crippen molar-refractivity contribution in [3.63, 3.8) is 0 Å². The predicted molar refractivity (Wildman–Crippen MR) is 67.3 cm³/mol. The second kappa shape index (κ2) is 7.23. The molecule has 1 aromatic rings. The molecule has 5 heteroatoms. The lowest BCUT2D eigenvalue weighted by atomic mass is 10.2. The van der Waals surface area contributed by atoms with Crippen molar-refractivity contribution in [2.24, 2.45) is 0 Å². The summed E-state index contributed by atoms with van der Waals surface area (Å²) in [4.78, 5) is 11.4. The summed E-state index contributed by atoms with van der Waals surface area (Å²) in [6.45, 7) is 1.43. The zero-order chi connectivity index (χ0) is 13.5. The minimum absolute atomic E-state index is 0.255. The van der Waals surface area contributed by atoms with Crippen molar-refractivity contribution >= 4 is 5.97 Å². The highest BCUT2D eigenvalue weighted by Crippen LogP contribution is 2.12. The molecule has 5 nitrogen and oxygen atoms in total. The van der Waals surface area contributed by atoms with E-state index in [9.17, 15) is 4.79 Å². The van der Waals surface area contributed by atoms with E-state index in [1.165, 1.54) is 7.11 Å². The van der Waals surface area contributed by atoms with Crippen LogP contribution in [0.1, 0.15) is 12.0 Å². The molecule has 1 heterocycles. The summed E-state index contributed by atoms with van der Waals surface area (Å²) in [6.07, 6.45) is -0.522. The Morgan fingerprint density at radius 2 is 2.11 bits per heavy atom. The number of benzene rings is 1. The van der Waals surface area contributed by atoms with Crippen molar-refractivity contribution in [1.29, 1.82) is 0 Å². The number of ether oxygens (including phenoxy) is 4. The Kier molecular flexibility index (Phi) is 5.32. The van der Waals surface area contributed by atoms with Gasteiger partial charge in [-0.1, -0.05) is 30.3 Å². The molecule has 19 heavy (non-hydrogen) atoms. The second-order valence-electron chi connectivity index (χ2n) is 4.29. The summed E-state index contributed by atoms with van der Waals surface area (Å²) in [7, 11) is 1.41. The van der Waals surface area contributed by atoms with Crippen molar-refractivity contribution in [2.45, 2.75) is 25.4 Å². The number of hydrogen-bond donors (Lipinski definition) is 0. The fraction of sp³-hybridized carbons (Fsp3) is 0.500. The van der Waals surface area contributed by atoms with Gasteiger partial charge in [0.05, 0.1) is 19.8 Å². The number of methoxy groups -OCH3 is 1. The van der Waals surface area contributed by atoms with Crippen LogP contribution in [0.3, 0.4) is 0 Å². The number of hydrogen-bond acceptors (Lipinski definition) is 5. The molecular formula is C14H18O5. The Hall–Kier alpha value is -1.43. The van der Waals surface area contributed by atoms with Crippen LogP contribution in [0.5, 0.6) is 0 Å². The Bertz CT molecular complexity index is 392. The summed E-state index contributed by atoms with van der Waals surface area (Å²) >= 11 is 0. The van der Waals surface area contributed by atoms with Crippen LogP contribution in [0.25, 0.3) is 0 Å². The van der Waals surface area contributed by atoms with E-state index in [1.54, 1.807) is 0 Å². The molecule has 0 amide bonds. The number of carbonyl (C=O) groups excluding carboxylic acids is 1. The molecule has 1 aromatic carbocycles. The molecule has 0 radical (unpaired) electrons. The molecule has 1 fully saturated rings. The van der Waals surface area contributed by atoms with Crippen molar-refractivity contribution in [1.82, 2.24) is 0 Å². The topological polar surface area (TPSA) is 54.0 Å². The average Bonchev–Trinajstić information content (AvgIpc) is 2.45. The normalized spacial score (nSPS) is 23.1. The van der Waals surface area contributed by atoms with E-state index in [2.05, 4.69) is 0 Å². The SMILES string of the molecule is CO[C@H]1OC[C@H](CCOCc2ccccc2)OC1=O. The number of esters is 1. The van der Waals surface area contributed by atoms with E-state index in [0.717, 1.165) is 5.56 Å². The van der Waals surface area contributed by atoms with E-state index in [4.69, 9.17) is 18.9 Å². The molecular weight excluding hydrogens is 248 g/mol. The first-order valence-corrected chi connectivity index (χ1v) is 6.26. The highest BCUT2D eigenvalue weighted by Gasteiger charge is 2.30. The number of rotatable bonds is 6. The highest BCUT2D eigenvalue weighted by atomic mass is 16.7. The van der Waals surface area contributed by atoms with Crippen molar-refractivity contribution < 1.29 is 23.7 Å². The number of cyclic esters (lactones) is 1. The van der Waals surface area contributed by atoms with Gasteiger partial charge in [0.25, 0.3) is 6.29 Å². The van der Waals surface area contributed by atoms with Crippen LogP contribution >= 0.6 is 0 Å². The monoisotopic (exact) mass is 266 g/mol. The number of carbonyl (C=O) groups is 1. The van der Waals surface area contributed by atoms with Gasteiger partial charge in [0, 0.05) is 13.5 Å². The molecule has 0 aliphatic carbocycles. The molecule has 1 saturated heterocycles. The third-order valence-corrected chi connectivity index (χ3v) is 2.82. The summed E-state index contributed by atoms with van der Waals surface area (Å²) in [5, 5.41) is 0. The molecule has 0 bridgehead atoms. The lowest BCUT2D eigenvalue weighted by Gasteiger charge is -2.27. The zero-order valence-corrected chi connectivity index (χ0v) is 10.9. The first kappa shape index (κ1) is 14.0. The zero-order valence-electron chi connectivity index (χ0n) is 10.9. The molecule has 2 rings (SSSR count). The minimum Gasteiger partial charge on any atom is -0.456 e. The molecule has 0 aromatic heterocycles. The van der Waals surface area contributed by atoms with Gasteiger partial charge < -0.3 is 18.9 Å². The Balaban J connectivity index is 1.63. The van der Waals surface area contributed by atoms with E-state index < -0.39 is 12.3 Å². The van der Waals surface area contributed by atoms with Gasteiger partial charge in [-0.25, -0.2) is 4.79 Å². The van der Waals surface area contributed by atoms with Crippen molar-refractivity contribution in [3.8, 4) is 0 Å². The van der Waals surface area contributed by atoms with Gasteiger partial charge in [0.15, 0.2) is 0 Å². The van der Waals surface area contributed by atoms with Crippen LogP contribution in [-0.4, -0.2) is 38.7 Å². The standard InChI is InChI=1S/C14H18O5/c1-16-14-13(15)19-12(10-18-14)7-8-17-9-11-5-3-2-4-6-11/h2-6,12,14H,7-10H2,1H3/t12-,14-/m0/s1. The van der Waals surface area contributed by atoms with E-state index in [1.807, 2.05) is 30.3 Å². The van der Waals surface area contributed by atoms with Gasteiger partial charge in [0.1, 0.15) is 6.10 Å². The van der Waals surface area contributed by atoms with Crippen LogP contribution in [-0.2, 0) is 30.3 Å². The summed E-state index contributed by atoms with van der Waals surface area (Å²) in [5.74, 6) is -0.471. The molecule has 1 aliphatic rings. The van der Waals surface area contributed by atoms with Crippen molar-refractivity contribution in [3.05, 3.63) is 35.9 Å². The average molecular weight is 266 g/mol. The van der Waals surface area contributed by atoms with Crippen LogP contribution < -0.4 is 0 Å². The first-order valence-electron chi connectivity index (χ1n) is 6.26.